The molecule has 0 fully saturated rings. The van der Waals surface area contributed by atoms with Crippen LogP contribution in [0.3, 0.4) is 0 Å². The highest BCUT2D eigenvalue weighted by molar-refractivity contribution is 6.29. The molecular weight excluding hydrogens is 276 g/mol. The van der Waals surface area contributed by atoms with Crippen LogP contribution in [-0.4, -0.2) is 26.2 Å². The Labute approximate surface area is 121 Å². The SMILES string of the molecule is Cc1cccc(OCCc2nnc3cc(Cl)ncn23)c1. The summed E-state index contributed by atoms with van der Waals surface area (Å²) in [5.41, 5.74) is 1.87. The maximum atomic E-state index is 5.81. The lowest BCUT2D eigenvalue weighted by atomic mass is 10.2. The van der Waals surface area contributed by atoms with E-state index in [1.807, 2.05) is 35.6 Å². The van der Waals surface area contributed by atoms with Gasteiger partial charge in [-0.2, -0.15) is 0 Å². The minimum absolute atomic E-state index is 0.410. The monoisotopic (exact) mass is 288 g/mol. The van der Waals surface area contributed by atoms with Crippen molar-refractivity contribution in [2.75, 3.05) is 6.61 Å². The van der Waals surface area contributed by atoms with Crippen LogP contribution in [0.2, 0.25) is 5.15 Å². The zero-order valence-corrected chi connectivity index (χ0v) is 11.7. The maximum Gasteiger partial charge on any atom is 0.165 e. The highest BCUT2D eigenvalue weighted by atomic mass is 35.5. The van der Waals surface area contributed by atoms with Gasteiger partial charge in [0.1, 0.15) is 23.1 Å². The average molecular weight is 289 g/mol. The molecule has 0 aliphatic carbocycles. The Bertz CT molecular complexity index is 741. The number of fused-ring (bicyclic) bond motifs is 1. The molecule has 0 unspecified atom stereocenters. The fourth-order valence-corrected chi connectivity index (χ4v) is 2.10. The summed E-state index contributed by atoms with van der Waals surface area (Å²) in [4.78, 5) is 4.03. The number of hydrogen-bond acceptors (Lipinski definition) is 4. The van der Waals surface area contributed by atoms with Crippen molar-refractivity contribution in [3.05, 3.63) is 53.2 Å². The summed E-state index contributed by atoms with van der Waals surface area (Å²) in [5.74, 6) is 1.66. The van der Waals surface area contributed by atoms with Gasteiger partial charge in [-0.25, -0.2) is 4.98 Å². The second kappa shape index (κ2) is 5.46. The molecule has 20 heavy (non-hydrogen) atoms. The van der Waals surface area contributed by atoms with E-state index in [9.17, 15) is 0 Å². The minimum Gasteiger partial charge on any atom is -0.493 e. The normalized spacial score (nSPS) is 10.9. The molecule has 0 atom stereocenters. The van der Waals surface area contributed by atoms with E-state index in [0.717, 1.165) is 11.6 Å². The van der Waals surface area contributed by atoms with Gasteiger partial charge in [-0.15, -0.1) is 10.2 Å². The fourth-order valence-electron chi connectivity index (χ4n) is 1.95. The molecule has 0 radical (unpaired) electrons. The standard InChI is InChI=1S/C14H13ClN4O/c1-10-3-2-4-11(7-10)20-6-5-13-17-18-14-8-12(15)16-9-19(13)14/h2-4,7-9H,5-6H2,1H3. The minimum atomic E-state index is 0.410. The first-order chi connectivity index (χ1) is 9.72. The molecule has 1 aromatic carbocycles. The highest BCUT2D eigenvalue weighted by Crippen LogP contribution is 2.13. The van der Waals surface area contributed by atoms with Gasteiger partial charge in [-0.3, -0.25) is 4.40 Å². The van der Waals surface area contributed by atoms with Crippen LogP contribution in [-0.2, 0) is 6.42 Å². The lowest BCUT2D eigenvalue weighted by Gasteiger charge is -2.05. The highest BCUT2D eigenvalue weighted by Gasteiger charge is 2.06. The summed E-state index contributed by atoms with van der Waals surface area (Å²) in [6, 6.07) is 9.64. The number of halogens is 1. The molecule has 0 saturated heterocycles. The predicted octanol–water partition coefficient (Wildman–Crippen LogP) is 2.71. The second-order valence-corrected chi connectivity index (χ2v) is 4.86. The molecular formula is C14H13ClN4O. The maximum absolute atomic E-state index is 5.81. The summed E-state index contributed by atoms with van der Waals surface area (Å²) in [6.07, 6.45) is 2.28. The molecule has 102 valence electrons. The lowest BCUT2D eigenvalue weighted by molar-refractivity contribution is 0.318. The van der Waals surface area contributed by atoms with Crippen LogP contribution in [0.4, 0.5) is 0 Å². The molecule has 2 heterocycles. The summed E-state index contributed by atoms with van der Waals surface area (Å²) in [5, 5.41) is 8.58. The molecule has 0 aliphatic rings. The van der Waals surface area contributed by atoms with Crippen molar-refractivity contribution < 1.29 is 4.74 Å². The molecule has 5 nitrogen and oxygen atoms in total. The summed E-state index contributed by atoms with van der Waals surface area (Å²) in [6.45, 7) is 2.57. The molecule has 6 heteroatoms. The quantitative estimate of drug-likeness (QED) is 0.693. The molecule has 0 aliphatic heterocycles. The Morgan fingerprint density at radius 2 is 2.15 bits per heavy atom. The van der Waals surface area contributed by atoms with Crippen molar-refractivity contribution in [3.8, 4) is 5.75 Å². The van der Waals surface area contributed by atoms with E-state index in [4.69, 9.17) is 16.3 Å². The van der Waals surface area contributed by atoms with Crippen LogP contribution in [0.1, 0.15) is 11.4 Å². The number of nitrogens with zero attached hydrogens (tertiary/aromatic N) is 4. The first kappa shape index (κ1) is 12.9. The molecule has 0 N–H and O–H groups in total. The molecule has 0 amide bonds. The number of hydrogen-bond donors (Lipinski definition) is 0. The van der Waals surface area contributed by atoms with Crippen LogP contribution in [0, 0.1) is 6.92 Å². The van der Waals surface area contributed by atoms with E-state index in [1.54, 1.807) is 12.4 Å². The number of ether oxygens (including phenoxy) is 1. The summed E-state index contributed by atoms with van der Waals surface area (Å²) < 4.78 is 7.52. The third kappa shape index (κ3) is 2.72. The van der Waals surface area contributed by atoms with Gasteiger partial charge >= 0.3 is 0 Å². The summed E-state index contributed by atoms with van der Waals surface area (Å²) >= 11 is 5.81. The van der Waals surface area contributed by atoms with Gasteiger partial charge < -0.3 is 4.74 Å². The number of benzene rings is 1. The van der Waals surface area contributed by atoms with Crippen LogP contribution in [0.25, 0.3) is 5.65 Å². The van der Waals surface area contributed by atoms with E-state index in [-0.39, 0.29) is 0 Å². The zero-order valence-electron chi connectivity index (χ0n) is 11.0. The van der Waals surface area contributed by atoms with E-state index < -0.39 is 0 Å². The van der Waals surface area contributed by atoms with Crippen molar-refractivity contribution in [2.24, 2.45) is 0 Å². The van der Waals surface area contributed by atoms with Crippen LogP contribution in [0.15, 0.2) is 36.7 Å². The number of rotatable bonds is 4. The van der Waals surface area contributed by atoms with Crippen LogP contribution < -0.4 is 4.74 Å². The van der Waals surface area contributed by atoms with E-state index in [2.05, 4.69) is 15.2 Å². The summed E-state index contributed by atoms with van der Waals surface area (Å²) in [7, 11) is 0. The van der Waals surface area contributed by atoms with Gasteiger partial charge in [-0.1, -0.05) is 23.7 Å². The smallest absolute Gasteiger partial charge is 0.165 e. The Hall–Kier alpha value is -2.14. The molecule has 0 saturated carbocycles. The Morgan fingerprint density at radius 3 is 3.00 bits per heavy atom. The van der Waals surface area contributed by atoms with E-state index in [1.165, 1.54) is 5.56 Å². The fraction of sp³-hybridized carbons (Fsp3) is 0.214. The molecule has 3 rings (SSSR count). The van der Waals surface area contributed by atoms with Crippen LogP contribution in [0.5, 0.6) is 5.75 Å². The van der Waals surface area contributed by atoms with Crippen LogP contribution >= 0.6 is 11.6 Å². The van der Waals surface area contributed by atoms with Crippen molar-refractivity contribution in [1.82, 2.24) is 19.6 Å². The van der Waals surface area contributed by atoms with Gasteiger partial charge in [0.15, 0.2) is 5.65 Å². The molecule has 0 bridgehead atoms. The molecule has 0 spiro atoms. The van der Waals surface area contributed by atoms with Gasteiger partial charge in [0, 0.05) is 12.5 Å². The van der Waals surface area contributed by atoms with Crippen molar-refractivity contribution in [2.45, 2.75) is 13.3 Å². The Morgan fingerprint density at radius 1 is 1.25 bits per heavy atom. The third-order valence-electron chi connectivity index (χ3n) is 2.92. The number of aromatic nitrogens is 4. The first-order valence-electron chi connectivity index (χ1n) is 6.27. The predicted molar refractivity (Wildman–Crippen MR) is 76.2 cm³/mol. The molecule has 3 aromatic rings. The third-order valence-corrected chi connectivity index (χ3v) is 3.13. The molecule has 2 aromatic heterocycles. The first-order valence-corrected chi connectivity index (χ1v) is 6.65. The van der Waals surface area contributed by atoms with Gasteiger partial charge in [-0.05, 0) is 24.6 Å². The number of aryl methyl sites for hydroxylation is 1. The van der Waals surface area contributed by atoms with Crippen molar-refractivity contribution in [1.29, 1.82) is 0 Å². The van der Waals surface area contributed by atoms with E-state index >= 15 is 0 Å². The second-order valence-electron chi connectivity index (χ2n) is 4.47. The average Bonchev–Trinajstić information content (AvgIpc) is 2.81. The van der Waals surface area contributed by atoms with Gasteiger partial charge in [0.05, 0.1) is 6.61 Å². The lowest BCUT2D eigenvalue weighted by Crippen LogP contribution is -2.05. The Kier molecular flexibility index (Phi) is 3.52. The van der Waals surface area contributed by atoms with Gasteiger partial charge in [0.2, 0.25) is 0 Å². The van der Waals surface area contributed by atoms with Gasteiger partial charge in [0.25, 0.3) is 0 Å². The Balaban J connectivity index is 1.68. The van der Waals surface area contributed by atoms with Crippen molar-refractivity contribution in [3.63, 3.8) is 0 Å². The van der Waals surface area contributed by atoms with Crippen molar-refractivity contribution >= 4 is 17.2 Å². The zero-order chi connectivity index (χ0) is 13.9. The van der Waals surface area contributed by atoms with E-state index in [0.29, 0.717) is 23.8 Å². The largest absolute Gasteiger partial charge is 0.493 e. The topological polar surface area (TPSA) is 52.3 Å².